The van der Waals surface area contributed by atoms with E-state index in [9.17, 15) is 8.42 Å². The van der Waals surface area contributed by atoms with Crippen LogP contribution in [0.1, 0.15) is 16.9 Å². The fraction of sp³-hybridized carbons (Fsp3) is 0.286. The topological polar surface area (TPSA) is 71.3 Å². The van der Waals surface area contributed by atoms with Crippen LogP contribution in [-0.2, 0) is 16.6 Å². The van der Waals surface area contributed by atoms with E-state index in [4.69, 9.17) is 4.42 Å². The average Bonchev–Trinajstić information content (AvgIpc) is 2.84. The van der Waals surface area contributed by atoms with Crippen molar-refractivity contribution in [2.75, 3.05) is 11.8 Å². The van der Waals surface area contributed by atoms with Crippen LogP contribution in [0.4, 0.5) is 5.69 Å². The van der Waals surface area contributed by atoms with E-state index in [-0.39, 0.29) is 5.09 Å². The van der Waals surface area contributed by atoms with Crippen LogP contribution in [-0.4, -0.2) is 15.5 Å². The lowest BCUT2D eigenvalue weighted by Gasteiger charge is -2.12. The third-order valence-corrected chi connectivity index (χ3v) is 4.77. The third kappa shape index (κ3) is 3.66. The normalized spacial score (nSPS) is 11.6. The number of aryl methyl sites for hydroxylation is 2. The molecule has 2 rings (SSSR count). The number of halogens is 1. The standard InChI is InChI=1S/C14H17BrN2O3S/c1-9-6-10(2)14(12(15)7-9)17-21(18,19)13-5-4-11(20-13)8-16-3/h4-7,16-17H,8H2,1-3H3. The molecular weight excluding hydrogens is 356 g/mol. The van der Waals surface area contributed by atoms with Crippen molar-refractivity contribution in [2.24, 2.45) is 0 Å². The highest BCUT2D eigenvalue weighted by Crippen LogP contribution is 2.30. The van der Waals surface area contributed by atoms with Gasteiger partial charge in [0.2, 0.25) is 5.09 Å². The Morgan fingerprint density at radius 2 is 1.95 bits per heavy atom. The highest BCUT2D eigenvalue weighted by Gasteiger charge is 2.21. The second kappa shape index (κ2) is 6.21. The summed E-state index contributed by atoms with van der Waals surface area (Å²) in [6.07, 6.45) is 0. The van der Waals surface area contributed by atoms with E-state index in [0.29, 0.717) is 22.5 Å². The minimum Gasteiger partial charge on any atom is -0.446 e. The summed E-state index contributed by atoms with van der Waals surface area (Å²) >= 11 is 3.39. The van der Waals surface area contributed by atoms with E-state index in [2.05, 4.69) is 26.0 Å². The minimum absolute atomic E-state index is 0.0976. The Labute approximate surface area is 132 Å². The largest absolute Gasteiger partial charge is 0.446 e. The summed E-state index contributed by atoms with van der Waals surface area (Å²) < 4.78 is 33.3. The average molecular weight is 373 g/mol. The van der Waals surface area contributed by atoms with Gasteiger partial charge in [0, 0.05) is 4.47 Å². The van der Waals surface area contributed by atoms with Crippen LogP contribution < -0.4 is 10.0 Å². The Kier molecular flexibility index (Phi) is 4.75. The van der Waals surface area contributed by atoms with Crippen LogP contribution in [0.2, 0.25) is 0 Å². The maximum absolute atomic E-state index is 12.4. The molecule has 0 fully saturated rings. The van der Waals surface area contributed by atoms with Gasteiger partial charge in [-0.2, -0.15) is 8.42 Å². The van der Waals surface area contributed by atoms with Crippen molar-refractivity contribution in [2.45, 2.75) is 25.5 Å². The summed E-state index contributed by atoms with van der Waals surface area (Å²) in [5.41, 5.74) is 2.41. The zero-order valence-electron chi connectivity index (χ0n) is 12.0. The van der Waals surface area contributed by atoms with E-state index in [1.54, 1.807) is 13.1 Å². The molecule has 21 heavy (non-hydrogen) atoms. The molecule has 0 saturated heterocycles. The summed E-state index contributed by atoms with van der Waals surface area (Å²) in [6, 6.07) is 6.87. The van der Waals surface area contributed by atoms with Crippen LogP contribution in [0.5, 0.6) is 0 Å². The quantitative estimate of drug-likeness (QED) is 0.845. The summed E-state index contributed by atoms with van der Waals surface area (Å²) in [5, 5.41) is 2.81. The molecule has 0 unspecified atom stereocenters. The Bertz CT molecular complexity index is 730. The summed E-state index contributed by atoms with van der Waals surface area (Å²) in [5.74, 6) is 0.567. The molecule has 0 atom stereocenters. The lowest BCUT2D eigenvalue weighted by atomic mass is 10.1. The number of rotatable bonds is 5. The molecule has 0 aliphatic carbocycles. The van der Waals surface area contributed by atoms with Gasteiger partial charge in [-0.15, -0.1) is 0 Å². The first-order chi connectivity index (χ1) is 9.83. The van der Waals surface area contributed by atoms with Crippen molar-refractivity contribution in [3.63, 3.8) is 0 Å². The maximum atomic E-state index is 12.4. The van der Waals surface area contributed by atoms with Crippen LogP contribution >= 0.6 is 15.9 Å². The second-order valence-corrected chi connectivity index (χ2v) is 7.26. The molecule has 0 radical (unpaired) electrons. The molecular formula is C14H17BrN2O3S. The first-order valence-electron chi connectivity index (χ1n) is 6.36. The molecule has 2 N–H and O–H groups in total. The molecule has 1 aromatic carbocycles. The zero-order chi connectivity index (χ0) is 15.6. The molecule has 5 nitrogen and oxygen atoms in total. The fourth-order valence-corrected chi connectivity index (χ4v) is 4.01. The highest BCUT2D eigenvalue weighted by molar-refractivity contribution is 9.10. The van der Waals surface area contributed by atoms with Gasteiger partial charge in [0.15, 0.2) is 0 Å². The van der Waals surface area contributed by atoms with Gasteiger partial charge in [0.05, 0.1) is 12.2 Å². The van der Waals surface area contributed by atoms with Gasteiger partial charge in [0.25, 0.3) is 10.0 Å². The van der Waals surface area contributed by atoms with Gasteiger partial charge in [-0.3, -0.25) is 4.72 Å². The third-order valence-electron chi connectivity index (χ3n) is 2.92. The smallest absolute Gasteiger partial charge is 0.295 e. The lowest BCUT2D eigenvalue weighted by molar-refractivity contribution is 0.408. The van der Waals surface area contributed by atoms with Crippen molar-refractivity contribution in [1.29, 1.82) is 0 Å². The van der Waals surface area contributed by atoms with Crippen LogP contribution in [0.25, 0.3) is 0 Å². The number of hydrogen-bond donors (Lipinski definition) is 2. The molecule has 1 aromatic heterocycles. The van der Waals surface area contributed by atoms with Crippen molar-refractivity contribution in [3.8, 4) is 0 Å². The Morgan fingerprint density at radius 1 is 1.24 bits per heavy atom. The van der Waals surface area contributed by atoms with Gasteiger partial charge < -0.3 is 9.73 Å². The predicted octanol–water partition coefficient (Wildman–Crippen LogP) is 3.18. The highest BCUT2D eigenvalue weighted by atomic mass is 79.9. The lowest BCUT2D eigenvalue weighted by Crippen LogP contribution is -2.13. The molecule has 0 aliphatic rings. The Morgan fingerprint density at radius 3 is 2.57 bits per heavy atom. The van der Waals surface area contributed by atoms with Gasteiger partial charge in [-0.1, -0.05) is 6.07 Å². The molecule has 2 aromatic rings. The van der Waals surface area contributed by atoms with Crippen molar-refractivity contribution in [3.05, 3.63) is 45.6 Å². The molecule has 7 heteroatoms. The molecule has 114 valence electrons. The Balaban J connectivity index is 2.33. The number of sulfonamides is 1. The molecule has 1 heterocycles. The van der Waals surface area contributed by atoms with Crippen molar-refractivity contribution >= 4 is 31.6 Å². The first kappa shape index (κ1) is 16.1. The van der Waals surface area contributed by atoms with Gasteiger partial charge >= 0.3 is 0 Å². The minimum atomic E-state index is -3.74. The SMILES string of the molecule is CNCc1ccc(S(=O)(=O)Nc2c(C)cc(C)cc2Br)o1. The van der Waals surface area contributed by atoms with Crippen molar-refractivity contribution < 1.29 is 12.8 Å². The molecule has 0 saturated carbocycles. The van der Waals surface area contributed by atoms with E-state index in [0.717, 1.165) is 11.1 Å². The first-order valence-corrected chi connectivity index (χ1v) is 8.64. The van der Waals surface area contributed by atoms with Crippen LogP contribution in [0, 0.1) is 13.8 Å². The van der Waals surface area contributed by atoms with E-state index in [1.807, 2.05) is 26.0 Å². The maximum Gasteiger partial charge on any atom is 0.295 e. The van der Waals surface area contributed by atoms with Gasteiger partial charge in [-0.25, -0.2) is 0 Å². The molecule has 0 bridgehead atoms. The van der Waals surface area contributed by atoms with Gasteiger partial charge in [0.1, 0.15) is 5.76 Å². The van der Waals surface area contributed by atoms with E-state index >= 15 is 0 Å². The summed E-state index contributed by atoms with van der Waals surface area (Å²) in [4.78, 5) is 0. The zero-order valence-corrected chi connectivity index (χ0v) is 14.4. The second-order valence-electron chi connectivity index (χ2n) is 4.80. The van der Waals surface area contributed by atoms with E-state index in [1.165, 1.54) is 6.07 Å². The number of hydrogen-bond acceptors (Lipinski definition) is 4. The molecule has 0 aliphatic heterocycles. The number of nitrogens with one attached hydrogen (secondary N) is 2. The Hall–Kier alpha value is -1.31. The summed E-state index contributed by atoms with van der Waals surface area (Å²) in [6.45, 7) is 4.28. The summed E-state index contributed by atoms with van der Waals surface area (Å²) in [7, 11) is -1.98. The molecule has 0 amide bonds. The number of furan rings is 1. The van der Waals surface area contributed by atoms with Crippen LogP contribution in [0.15, 0.2) is 38.2 Å². The van der Waals surface area contributed by atoms with Crippen LogP contribution in [0.3, 0.4) is 0 Å². The van der Waals surface area contributed by atoms with Gasteiger partial charge in [-0.05, 0) is 66.2 Å². The number of benzene rings is 1. The fourth-order valence-electron chi connectivity index (χ4n) is 2.00. The predicted molar refractivity (Wildman–Crippen MR) is 85.9 cm³/mol. The van der Waals surface area contributed by atoms with Crippen molar-refractivity contribution in [1.82, 2.24) is 5.32 Å². The monoisotopic (exact) mass is 372 g/mol. The number of anilines is 1. The van der Waals surface area contributed by atoms with E-state index < -0.39 is 10.0 Å². The molecule has 0 spiro atoms.